The van der Waals surface area contributed by atoms with Gasteiger partial charge in [0, 0.05) is 44.8 Å². The van der Waals surface area contributed by atoms with Crippen molar-refractivity contribution < 1.29 is 17.9 Å². The molecule has 0 bridgehead atoms. The minimum atomic E-state index is -4.58. The first-order chi connectivity index (χ1) is 16.8. The van der Waals surface area contributed by atoms with Gasteiger partial charge in [-0.2, -0.15) is 18.4 Å². The van der Waals surface area contributed by atoms with Gasteiger partial charge in [0.1, 0.15) is 17.3 Å². The third kappa shape index (κ3) is 4.83. The lowest BCUT2D eigenvalue weighted by atomic mass is 10.1. The number of hydrogen-bond acceptors (Lipinski definition) is 6. The predicted octanol–water partition coefficient (Wildman–Crippen LogP) is 4.07. The molecule has 0 spiro atoms. The van der Waals surface area contributed by atoms with Crippen molar-refractivity contribution in [3.05, 3.63) is 41.9 Å². The summed E-state index contributed by atoms with van der Waals surface area (Å²) in [4.78, 5) is 13.3. The van der Waals surface area contributed by atoms with Crippen molar-refractivity contribution in [3.63, 3.8) is 0 Å². The summed E-state index contributed by atoms with van der Waals surface area (Å²) < 4.78 is 49.0. The fourth-order valence-electron chi connectivity index (χ4n) is 5.12. The van der Waals surface area contributed by atoms with Crippen LogP contribution in [0.5, 0.6) is 5.75 Å². The molecule has 2 aliphatic rings. The van der Waals surface area contributed by atoms with E-state index in [0.717, 1.165) is 32.2 Å². The third-order valence-electron chi connectivity index (χ3n) is 6.95. The fraction of sp³-hybridized carbons (Fsp3) is 0.480. The number of piperazine rings is 1. The Balaban J connectivity index is 1.30. The fourth-order valence-corrected chi connectivity index (χ4v) is 5.12. The Morgan fingerprint density at radius 1 is 1.20 bits per heavy atom. The molecule has 0 radical (unpaired) electrons. The highest BCUT2D eigenvalue weighted by Gasteiger charge is 2.35. The van der Waals surface area contributed by atoms with Gasteiger partial charge in [-0.05, 0) is 50.1 Å². The second kappa shape index (κ2) is 9.47. The van der Waals surface area contributed by atoms with Crippen LogP contribution in [-0.4, -0.2) is 69.7 Å². The van der Waals surface area contributed by atoms with Crippen LogP contribution in [0.25, 0.3) is 22.3 Å². The van der Waals surface area contributed by atoms with Gasteiger partial charge in [0.25, 0.3) is 0 Å². The Bertz CT molecular complexity index is 1260. The van der Waals surface area contributed by atoms with Crippen molar-refractivity contribution in [1.29, 1.82) is 5.26 Å². The second-order valence-corrected chi connectivity index (χ2v) is 9.23. The van der Waals surface area contributed by atoms with Gasteiger partial charge in [-0.3, -0.25) is 4.90 Å². The molecule has 5 rings (SSSR count). The number of aromatic nitrogens is 3. The summed E-state index contributed by atoms with van der Waals surface area (Å²) in [5, 5.41) is 9.44. The highest BCUT2D eigenvalue weighted by molar-refractivity contribution is 5.84. The second-order valence-electron chi connectivity index (χ2n) is 9.23. The zero-order valence-electron chi connectivity index (χ0n) is 19.6. The summed E-state index contributed by atoms with van der Waals surface area (Å²) in [5.74, 6) is -0.191. The number of aryl methyl sites for hydroxylation is 1. The van der Waals surface area contributed by atoms with E-state index in [2.05, 4.69) is 19.8 Å². The van der Waals surface area contributed by atoms with Gasteiger partial charge in [0.15, 0.2) is 5.69 Å². The van der Waals surface area contributed by atoms with Crippen molar-refractivity contribution in [3.8, 4) is 23.1 Å². The van der Waals surface area contributed by atoms with Crippen LogP contribution in [0.3, 0.4) is 0 Å². The van der Waals surface area contributed by atoms with Gasteiger partial charge in [0.05, 0.1) is 29.7 Å². The largest absolute Gasteiger partial charge is 0.493 e. The first-order valence-electron chi connectivity index (χ1n) is 11.9. The Hall–Kier alpha value is -3.16. The number of hydrogen-bond donors (Lipinski definition) is 0. The molecular weight excluding hydrogens is 457 g/mol. The number of fused-ring (bicyclic) bond motifs is 2. The lowest BCUT2D eigenvalue weighted by molar-refractivity contribution is -0.138. The molecule has 1 aromatic carbocycles. The van der Waals surface area contributed by atoms with Crippen LogP contribution in [0.15, 0.2) is 30.6 Å². The molecule has 2 saturated heterocycles. The Morgan fingerprint density at radius 3 is 2.86 bits per heavy atom. The van der Waals surface area contributed by atoms with E-state index in [0.29, 0.717) is 23.5 Å². The molecule has 3 aromatic rings. The van der Waals surface area contributed by atoms with E-state index in [1.165, 1.54) is 25.5 Å². The lowest BCUT2D eigenvalue weighted by Gasteiger charge is -2.37. The molecule has 0 unspecified atom stereocenters. The van der Waals surface area contributed by atoms with Gasteiger partial charge in [-0.15, -0.1) is 0 Å². The molecular formula is C25H27F3N6O. The molecule has 4 heterocycles. The molecule has 1 atom stereocenters. The Morgan fingerprint density at radius 2 is 2.06 bits per heavy atom. The Kier molecular flexibility index (Phi) is 6.38. The summed E-state index contributed by atoms with van der Waals surface area (Å²) in [6, 6.07) is 8.18. The summed E-state index contributed by atoms with van der Waals surface area (Å²) in [6.45, 7) is 5.30. The summed E-state index contributed by atoms with van der Waals surface area (Å²) in [7, 11) is 1.76. The van der Waals surface area contributed by atoms with E-state index in [-0.39, 0.29) is 29.3 Å². The number of nitrogens with zero attached hydrogens (tertiary/aromatic N) is 6. The van der Waals surface area contributed by atoms with Gasteiger partial charge in [-0.25, -0.2) is 9.97 Å². The number of imidazole rings is 1. The maximum atomic E-state index is 13.9. The molecule has 0 saturated carbocycles. The number of pyridine rings is 1. The van der Waals surface area contributed by atoms with Crippen LogP contribution in [-0.2, 0) is 13.2 Å². The van der Waals surface area contributed by atoms with E-state index in [1.807, 2.05) is 6.07 Å². The molecule has 0 N–H and O–H groups in total. The maximum absolute atomic E-state index is 13.9. The first-order valence-corrected chi connectivity index (χ1v) is 11.9. The van der Waals surface area contributed by atoms with Crippen molar-refractivity contribution in [2.75, 3.05) is 39.3 Å². The number of rotatable bonds is 6. The van der Waals surface area contributed by atoms with Crippen LogP contribution in [0, 0.1) is 11.3 Å². The number of halogens is 3. The van der Waals surface area contributed by atoms with Gasteiger partial charge in [-0.1, -0.05) is 0 Å². The molecule has 2 aromatic heterocycles. The van der Waals surface area contributed by atoms with E-state index >= 15 is 0 Å². The zero-order valence-corrected chi connectivity index (χ0v) is 19.6. The lowest BCUT2D eigenvalue weighted by Crippen LogP contribution is -2.50. The third-order valence-corrected chi connectivity index (χ3v) is 6.95. The summed E-state index contributed by atoms with van der Waals surface area (Å²) in [5.41, 5.74) is 0.813. The standard InChI is InChI=1S/C25H27F3N6O/c1-32-16-30-24-21(14-29)31-20(13-22(24)32)17-5-6-23(19(12-17)25(26,27)28)35-11-3-7-33-9-10-34-8-2-4-18(34)15-33/h5-6,12-13,16,18H,2-4,7-11,15H2,1H3/t18-/m1/s1. The average Bonchev–Trinajstić information content (AvgIpc) is 3.47. The summed E-state index contributed by atoms with van der Waals surface area (Å²) in [6.07, 6.45) is 0.102. The SMILES string of the molecule is Cn1cnc2c(C#N)nc(-c3ccc(OCCCN4CCN5CCC[C@@H]5C4)c(C(F)(F)F)c3)cc21. The molecule has 35 heavy (non-hydrogen) atoms. The van der Waals surface area contributed by atoms with Crippen LogP contribution in [0.1, 0.15) is 30.5 Å². The maximum Gasteiger partial charge on any atom is 0.419 e. The molecule has 10 heteroatoms. The molecule has 7 nitrogen and oxygen atoms in total. The quantitative estimate of drug-likeness (QED) is 0.491. The molecule has 0 aliphatic carbocycles. The van der Waals surface area contributed by atoms with Crippen LogP contribution in [0.4, 0.5) is 13.2 Å². The van der Waals surface area contributed by atoms with E-state index < -0.39 is 11.7 Å². The normalized spacial score (nSPS) is 19.1. The van der Waals surface area contributed by atoms with E-state index in [1.54, 1.807) is 30.1 Å². The van der Waals surface area contributed by atoms with Crippen molar-refractivity contribution >= 4 is 11.0 Å². The molecule has 2 aliphatic heterocycles. The van der Waals surface area contributed by atoms with E-state index in [4.69, 9.17) is 4.74 Å². The Labute approximate surface area is 201 Å². The van der Waals surface area contributed by atoms with Gasteiger partial charge in [0.2, 0.25) is 0 Å². The molecule has 2 fully saturated rings. The number of ether oxygens (including phenoxy) is 1. The van der Waals surface area contributed by atoms with Crippen LogP contribution >= 0.6 is 0 Å². The average molecular weight is 485 g/mol. The number of benzene rings is 1. The molecule has 0 amide bonds. The predicted molar refractivity (Wildman–Crippen MR) is 125 cm³/mol. The number of alkyl halides is 3. The highest BCUT2D eigenvalue weighted by Crippen LogP contribution is 2.39. The van der Waals surface area contributed by atoms with Crippen molar-refractivity contribution in [2.24, 2.45) is 7.05 Å². The van der Waals surface area contributed by atoms with Crippen molar-refractivity contribution in [2.45, 2.75) is 31.5 Å². The topological polar surface area (TPSA) is 70.2 Å². The van der Waals surface area contributed by atoms with Crippen LogP contribution in [0.2, 0.25) is 0 Å². The van der Waals surface area contributed by atoms with Crippen LogP contribution < -0.4 is 4.74 Å². The first kappa shape index (κ1) is 23.6. The monoisotopic (exact) mass is 484 g/mol. The number of nitriles is 1. The minimum absolute atomic E-state index is 0.0745. The highest BCUT2D eigenvalue weighted by atomic mass is 19.4. The smallest absolute Gasteiger partial charge is 0.419 e. The summed E-state index contributed by atoms with van der Waals surface area (Å²) >= 11 is 0. The van der Waals surface area contributed by atoms with Gasteiger partial charge >= 0.3 is 6.18 Å². The van der Waals surface area contributed by atoms with Gasteiger partial charge < -0.3 is 14.2 Å². The van der Waals surface area contributed by atoms with E-state index in [9.17, 15) is 18.4 Å². The minimum Gasteiger partial charge on any atom is -0.493 e. The zero-order chi connectivity index (χ0) is 24.6. The molecule has 184 valence electrons. The van der Waals surface area contributed by atoms with Crippen molar-refractivity contribution in [1.82, 2.24) is 24.3 Å².